The second-order valence-corrected chi connectivity index (χ2v) is 7.33. The lowest BCUT2D eigenvalue weighted by Gasteiger charge is -2.12. The first-order valence-electron chi connectivity index (χ1n) is 8.67. The van der Waals surface area contributed by atoms with Crippen molar-refractivity contribution in [3.05, 3.63) is 51.8 Å². The molecule has 5 nitrogen and oxygen atoms in total. The van der Waals surface area contributed by atoms with E-state index < -0.39 is 22.7 Å². The minimum atomic E-state index is -4.61. The van der Waals surface area contributed by atoms with Crippen LogP contribution in [-0.4, -0.2) is 20.7 Å². The summed E-state index contributed by atoms with van der Waals surface area (Å²) in [6.45, 7) is 1.77. The average Bonchev–Trinajstić information content (AvgIpc) is 3.42. The van der Waals surface area contributed by atoms with E-state index >= 15 is 0 Å². The molecule has 1 saturated carbocycles. The van der Waals surface area contributed by atoms with Crippen molar-refractivity contribution < 1.29 is 18.0 Å². The van der Waals surface area contributed by atoms with Gasteiger partial charge in [0.2, 0.25) is 0 Å². The lowest BCUT2D eigenvalue weighted by molar-refractivity contribution is -0.137. The van der Waals surface area contributed by atoms with E-state index in [1.807, 2.05) is 0 Å². The maximum atomic E-state index is 13.1. The average molecular weight is 409 g/mol. The number of amides is 1. The molecule has 0 radical (unpaired) electrons. The van der Waals surface area contributed by atoms with E-state index in [4.69, 9.17) is 11.6 Å². The summed E-state index contributed by atoms with van der Waals surface area (Å²) in [4.78, 5) is 17.6. The summed E-state index contributed by atoms with van der Waals surface area (Å²) in [5.74, 6) is -0.209. The monoisotopic (exact) mass is 408 g/mol. The van der Waals surface area contributed by atoms with E-state index in [1.165, 1.54) is 6.07 Å². The Morgan fingerprint density at radius 3 is 2.64 bits per heavy atom. The SMILES string of the molecule is Cc1nn(C)c2nc(C3CC3)cc(C(=O)Nc3ccc(Cl)c(C(F)(F)F)c3)c12. The molecule has 9 heteroatoms. The first-order valence-corrected chi connectivity index (χ1v) is 9.05. The summed E-state index contributed by atoms with van der Waals surface area (Å²) in [5.41, 5.74) is 1.38. The molecule has 0 saturated heterocycles. The fraction of sp³-hybridized carbons (Fsp3) is 0.316. The largest absolute Gasteiger partial charge is 0.417 e. The quantitative estimate of drug-likeness (QED) is 0.657. The van der Waals surface area contributed by atoms with Crippen LogP contribution in [0.5, 0.6) is 0 Å². The van der Waals surface area contributed by atoms with Gasteiger partial charge in [-0.2, -0.15) is 18.3 Å². The highest BCUT2D eigenvalue weighted by atomic mass is 35.5. The molecule has 2 heterocycles. The zero-order valence-corrected chi connectivity index (χ0v) is 15.8. The summed E-state index contributed by atoms with van der Waals surface area (Å²) in [5, 5.41) is 7.05. The van der Waals surface area contributed by atoms with Gasteiger partial charge in [0.1, 0.15) is 0 Å². The van der Waals surface area contributed by atoms with Crippen LogP contribution in [0.1, 0.15) is 46.1 Å². The molecule has 0 atom stereocenters. The van der Waals surface area contributed by atoms with Crippen LogP contribution >= 0.6 is 11.6 Å². The molecular formula is C19H16ClF3N4O. The molecule has 146 valence electrons. The molecular weight excluding hydrogens is 393 g/mol. The van der Waals surface area contributed by atoms with Gasteiger partial charge in [-0.3, -0.25) is 9.48 Å². The van der Waals surface area contributed by atoms with Gasteiger partial charge in [0.05, 0.1) is 27.2 Å². The highest BCUT2D eigenvalue weighted by Gasteiger charge is 2.34. The zero-order chi connectivity index (χ0) is 20.2. The number of nitrogens with zero attached hydrogens (tertiary/aromatic N) is 3. The van der Waals surface area contributed by atoms with Gasteiger partial charge in [-0.05, 0) is 44.0 Å². The van der Waals surface area contributed by atoms with Crippen LogP contribution in [-0.2, 0) is 13.2 Å². The zero-order valence-electron chi connectivity index (χ0n) is 15.1. The van der Waals surface area contributed by atoms with Crippen molar-refractivity contribution in [1.82, 2.24) is 14.8 Å². The van der Waals surface area contributed by atoms with Crippen molar-refractivity contribution >= 4 is 34.2 Å². The van der Waals surface area contributed by atoms with Crippen molar-refractivity contribution in [1.29, 1.82) is 0 Å². The molecule has 1 N–H and O–H groups in total. The number of carbonyl (C=O) groups is 1. The lowest BCUT2D eigenvalue weighted by Crippen LogP contribution is -2.15. The van der Waals surface area contributed by atoms with Crippen LogP contribution in [0, 0.1) is 6.92 Å². The molecule has 1 fully saturated rings. The standard InChI is InChI=1S/C19H16ClF3N4O/c1-9-16-12(8-15(10-3-4-10)25-17(16)27(2)26-9)18(28)24-11-5-6-14(20)13(7-11)19(21,22)23/h5-8,10H,3-4H2,1-2H3,(H,24,28). The smallest absolute Gasteiger partial charge is 0.322 e. The Morgan fingerprint density at radius 1 is 1.29 bits per heavy atom. The van der Waals surface area contributed by atoms with Crippen LogP contribution in [0.2, 0.25) is 5.02 Å². The number of alkyl halides is 3. The highest BCUT2D eigenvalue weighted by Crippen LogP contribution is 2.41. The Balaban J connectivity index is 1.76. The predicted molar refractivity (Wildman–Crippen MR) is 99.6 cm³/mol. The number of benzene rings is 1. The number of nitrogens with one attached hydrogen (secondary N) is 1. The van der Waals surface area contributed by atoms with Crippen molar-refractivity contribution in [3.8, 4) is 0 Å². The van der Waals surface area contributed by atoms with Gasteiger partial charge in [-0.15, -0.1) is 0 Å². The van der Waals surface area contributed by atoms with Crippen LogP contribution < -0.4 is 5.32 Å². The van der Waals surface area contributed by atoms with Gasteiger partial charge in [-0.25, -0.2) is 4.98 Å². The summed E-state index contributed by atoms with van der Waals surface area (Å²) >= 11 is 5.65. The van der Waals surface area contributed by atoms with Gasteiger partial charge >= 0.3 is 6.18 Å². The molecule has 0 unspecified atom stereocenters. The van der Waals surface area contributed by atoms with Gasteiger partial charge < -0.3 is 5.32 Å². The molecule has 0 spiro atoms. The lowest BCUT2D eigenvalue weighted by atomic mass is 10.1. The Bertz CT molecular complexity index is 1100. The second-order valence-electron chi connectivity index (χ2n) is 6.92. The minimum Gasteiger partial charge on any atom is -0.322 e. The van der Waals surface area contributed by atoms with E-state index in [2.05, 4.69) is 15.4 Å². The maximum absolute atomic E-state index is 13.1. The topological polar surface area (TPSA) is 59.8 Å². The fourth-order valence-electron chi connectivity index (χ4n) is 3.25. The van der Waals surface area contributed by atoms with Crippen molar-refractivity contribution in [2.24, 2.45) is 7.05 Å². The molecule has 1 amide bonds. The molecule has 4 rings (SSSR count). The van der Waals surface area contributed by atoms with Crippen LogP contribution in [0.4, 0.5) is 18.9 Å². The van der Waals surface area contributed by atoms with E-state index in [0.717, 1.165) is 30.7 Å². The van der Waals surface area contributed by atoms with Gasteiger partial charge in [0, 0.05) is 24.3 Å². The third-order valence-corrected chi connectivity index (χ3v) is 5.09. The van der Waals surface area contributed by atoms with Gasteiger partial charge in [-0.1, -0.05) is 11.6 Å². The summed E-state index contributed by atoms with van der Waals surface area (Å²) in [7, 11) is 1.75. The summed E-state index contributed by atoms with van der Waals surface area (Å²) < 4.78 is 40.9. The molecule has 0 aliphatic heterocycles. The summed E-state index contributed by atoms with van der Waals surface area (Å²) in [6.07, 6.45) is -2.61. The number of fused-ring (bicyclic) bond motifs is 1. The van der Waals surface area contributed by atoms with Gasteiger partial charge in [0.15, 0.2) is 5.65 Å². The number of carbonyl (C=O) groups excluding carboxylic acids is 1. The van der Waals surface area contributed by atoms with Crippen molar-refractivity contribution in [2.75, 3.05) is 5.32 Å². The molecule has 1 aromatic carbocycles. The summed E-state index contributed by atoms with van der Waals surface area (Å²) in [6, 6.07) is 5.00. The molecule has 28 heavy (non-hydrogen) atoms. The van der Waals surface area contributed by atoms with Crippen LogP contribution in [0.25, 0.3) is 11.0 Å². The maximum Gasteiger partial charge on any atom is 0.417 e. The number of halogens is 4. The number of hydrogen-bond acceptors (Lipinski definition) is 3. The minimum absolute atomic E-state index is 0.0150. The number of hydrogen-bond donors (Lipinski definition) is 1. The normalized spacial score (nSPS) is 14.5. The second kappa shape index (κ2) is 6.48. The first-order chi connectivity index (χ1) is 13.1. The third-order valence-electron chi connectivity index (χ3n) is 4.76. The molecule has 1 aliphatic carbocycles. The Hall–Kier alpha value is -2.61. The molecule has 1 aliphatic rings. The van der Waals surface area contributed by atoms with E-state index in [0.29, 0.717) is 28.2 Å². The number of aryl methyl sites for hydroxylation is 2. The highest BCUT2D eigenvalue weighted by molar-refractivity contribution is 6.31. The van der Waals surface area contributed by atoms with Crippen molar-refractivity contribution in [3.63, 3.8) is 0 Å². The number of rotatable bonds is 3. The number of pyridine rings is 1. The van der Waals surface area contributed by atoms with Gasteiger partial charge in [0.25, 0.3) is 5.91 Å². The Morgan fingerprint density at radius 2 is 2.00 bits per heavy atom. The Labute approximate surface area is 163 Å². The van der Waals surface area contributed by atoms with Crippen molar-refractivity contribution in [2.45, 2.75) is 31.9 Å². The van der Waals surface area contributed by atoms with E-state index in [1.54, 1.807) is 24.7 Å². The van der Waals surface area contributed by atoms with Crippen LogP contribution in [0.15, 0.2) is 24.3 Å². The van der Waals surface area contributed by atoms with E-state index in [9.17, 15) is 18.0 Å². The number of anilines is 1. The third kappa shape index (κ3) is 3.32. The van der Waals surface area contributed by atoms with E-state index in [-0.39, 0.29) is 5.69 Å². The molecule has 2 aromatic heterocycles. The fourth-order valence-corrected chi connectivity index (χ4v) is 3.47. The number of aromatic nitrogens is 3. The molecule has 3 aromatic rings. The first kappa shape index (κ1) is 18.7. The van der Waals surface area contributed by atoms with Crippen LogP contribution in [0.3, 0.4) is 0 Å². The Kier molecular flexibility index (Phi) is 4.33. The molecule has 0 bridgehead atoms. The predicted octanol–water partition coefficient (Wildman–Crippen LogP) is 5.08.